The van der Waals surface area contributed by atoms with E-state index in [2.05, 4.69) is 20.7 Å². The topological polar surface area (TPSA) is 71.8 Å². The number of amides is 2. The fraction of sp³-hybridized carbons (Fsp3) is 0.118. The largest absolute Gasteiger partial charge is 0.417 e. The number of hydrogen-bond acceptors (Lipinski definition) is 3. The van der Waals surface area contributed by atoms with Gasteiger partial charge >= 0.3 is 12.2 Å². The van der Waals surface area contributed by atoms with E-state index in [-0.39, 0.29) is 22.1 Å². The Morgan fingerprint density at radius 3 is 2.39 bits per heavy atom. The van der Waals surface area contributed by atoms with Gasteiger partial charge in [-0.05, 0) is 30.3 Å². The highest BCUT2D eigenvalue weighted by Crippen LogP contribution is 2.36. The maximum absolute atomic E-state index is 12.8. The van der Waals surface area contributed by atoms with E-state index in [1.165, 1.54) is 10.9 Å². The van der Waals surface area contributed by atoms with Crippen LogP contribution in [-0.2, 0) is 13.2 Å². The number of nitrogens with zero attached hydrogens (tertiary/aromatic N) is 3. The Morgan fingerprint density at radius 1 is 1.11 bits per heavy atom. The molecule has 2 aromatic heterocycles. The summed E-state index contributed by atoms with van der Waals surface area (Å²) < 4.78 is 39.7. The van der Waals surface area contributed by atoms with E-state index in [9.17, 15) is 18.0 Å². The average molecular weight is 430 g/mol. The van der Waals surface area contributed by atoms with Crippen LogP contribution < -0.4 is 10.6 Å². The lowest BCUT2D eigenvalue weighted by Gasteiger charge is -2.12. The fourth-order valence-corrected chi connectivity index (χ4v) is 2.75. The van der Waals surface area contributed by atoms with Crippen LogP contribution in [0.4, 0.5) is 29.5 Å². The quantitative estimate of drug-likeness (QED) is 0.581. The molecule has 3 aromatic rings. The standard InChI is InChI=1S/C17H12Cl2F3N5O/c1-27-15(26-16(28)25-11-4-2-10(18)3-5-11)12(8-24-27)14-13(19)6-9(7-23-14)17(20,21)22/h2-8H,1H3,(H2,25,26,28). The number of aromatic nitrogens is 3. The van der Waals surface area contributed by atoms with Gasteiger partial charge in [-0.2, -0.15) is 18.3 Å². The summed E-state index contributed by atoms with van der Waals surface area (Å²) in [7, 11) is 1.55. The molecule has 11 heteroatoms. The third-order valence-electron chi connectivity index (χ3n) is 3.70. The predicted molar refractivity (Wildman–Crippen MR) is 101 cm³/mol. The van der Waals surface area contributed by atoms with Gasteiger partial charge in [0.05, 0.1) is 28.0 Å². The summed E-state index contributed by atoms with van der Waals surface area (Å²) in [5.74, 6) is 0.209. The van der Waals surface area contributed by atoms with Crippen LogP contribution in [0.25, 0.3) is 11.3 Å². The van der Waals surface area contributed by atoms with Gasteiger partial charge in [-0.1, -0.05) is 23.2 Å². The number of anilines is 2. The van der Waals surface area contributed by atoms with Crippen LogP contribution >= 0.6 is 23.2 Å². The molecule has 2 N–H and O–H groups in total. The van der Waals surface area contributed by atoms with Crippen LogP contribution in [0.1, 0.15) is 5.56 Å². The van der Waals surface area contributed by atoms with Crippen molar-refractivity contribution in [2.24, 2.45) is 7.05 Å². The Morgan fingerprint density at radius 2 is 1.79 bits per heavy atom. The Hall–Kier alpha value is -2.78. The number of rotatable bonds is 3. The van der Waals surface area contributed by atoms with Crippen molar-refractivity contribution < 1.29 is 18.0 Å². The summed E-state index contributed by atoms with van der Waals surface area (Å²) in [5, 5.41) is 9.50. The van der Waals surface area contributed by atoms with Crippen molar-refractivity contribution in [3.8, 4) is 11.3 Å². The first-order valence-electron chi connectivity index (χ1n) is 7.74. The Labute approximate surface area is 167 Å². The summed E-state index contributed by atoms with van der Waals surface area (Å²) in [6, 6.07) is 6.63. The molecule has 0 saturated heterocycles. The first kappa shape index (κ1) is 20.0. The van der Waals surface area contributed by atoms with Crippen molar-refractivity contribution in [3.63, 3.8) is 0 Å². The molecule has 28 heavy (non-hydrogen) atoms. The molecule has 0 unspecified atom stereocenters. The lowest BCUT2D eigenvalue weighted by molar-refractivity contribution is -0.137. The number of nitrogens with one attached hydrogen (secondary N) is 2. The lowest BCUT2D eigenvalue weighted by Crippen LogP contribution is -2.21. The van der Waals surface area contributed by atoms with Crippen molar-refractivity contribution in [1.29, 1.82) is 0 Å². The van der Waals surface area contributed by atoms with Gasteiger partial charge in [0.2, 0.25) is 0 Å². The molecule has 1 aromatic carbocycles. The molecular formula is C17H12Cl2F3N5O. The molecule has 0 atom stereocenters. The first-order valence-corrected chi connectivity index (χ1v) is 8.49. The molecule has 3 rings (SSSR count). The van der Waals surface area contributed by atoms with Crippen molar-refractivity contribution in [2.45, 2.75) is 6.18 Å². The second kappa shape index (κ2) is 7.69. The summed E-state index contributed by atoms with van der Waals surface area (Å²) in [6.45, 7) is 0. The van der Waals surface area contributed by atoms with Gasteiger partial charge in [0.15, 0.2) is 0 Å². The molecule has 146 valence electrons. The molecule has 0 radical (unpaired) electrons. The molecule has 0 fully saturated rings. The summed E-state index contributed by atoms with van der Waals surface area (Å²) >= 11 is 11.8. The van der Waals surface area contributed by atoms with Crippen LogP contribution in [0.3, 0.4) is 0 Å². The van der Waals surface area contributed by atoms with E-state index >= 15 is 0 Å². The average Bonchev–Trinajstić information content (AvgIpc) is 2.96. The highest BCUT2D eigenvalue weighted by atomic mass is 35.5. The molecule has 0 spiro atoms. The molecule has 2 amide bonds. The number of carbonyl (C=O) groups is 1. The van der Waals surface area contributed by atoms with Crippen LogP contribution in [0.2, 0.25) is 10.0 Å². The zero-order chi connectivity index (χ0) is 20.5. The second-order valence-electron chi connectivity index (χ2n) is 5.67. The molecule has 0 saturated carbocycles. The smallest absolute Gasteiger partial charge is 0.308 e. The zero-order valence-electron chi connectivity index (χ0n) is 14.2. The van der Waals surface area contributed by atoms with E-state index in [1.54, 1.807) is 31.3 Å². The fourth-order valence-electron chi connectivity index (χ4n) is 2.35. The minimum Gasteiger partial charge on any atom is -0.308 e. The Balaban J connectivity index is 1.86. The number of pyridine rings is 1. The molecule has 6 nitrogen and oxygen atoms in total. The van der Waals surface area contributed by atoms with E-state index < -0.39 is 17.8 Å². The van der Waals surface area contributed by atoms with Crippen molar-refractivity contribution >= 4 is 40.7 Å². The van der Waals surface area contributed by atoms with Crippen molar-refractivity contribution in [3.05, 3.63) is 58.3 Å². The van der Waals surface area contributed by atoms with Crippen LogP contribution in [0.5, 0.6) is 0 Å². The SMILES string of the molecule is Cn1ncc(-c2ncc(C(F)(F)F)cc2Cl)c1NC(=O)Nc1ccc(Cl)cc1. The molecule has 0 aliphatic heterocycles. The van der Waals surface area contributed by atoms with Crippen LogP contribution in [0.15, 0.2) is 42.7 Å². The minimum absolute atomic E-state index is 0.0598. The number of hydrogen-bond donors (Lipinski definition) is 2. The van der Waals surface area contributed by atoms with Gasteiger partial charge in [0.1, 0.15) is 5.82 Å². The number of benzene rings is 1. The predicted octanol–water partition coefficient (Wildman–Crippen LogP) is 5.45. The van der Waals surface area contributed by atoms with Gasteiger partial charge < -0.3 is 5.32 Å². The van der Waals surface area contributed by atoms with E-state index in [0.717, 1.165) is 6.07 Å². The normalized spacial score (nSPS) is 11.4. The van der Waals surface area contributed by atoms with E-state index in [4.69, 9.17) is 23.2 Å². The number of urea groups is 1. The number of alkyl halides is 3. The van der Waals surface area contributed by atoms with Gasteiger partial charge in [0.25, 0.3) is 0 Å². The van der Waals surface area contributed by atoms with Gasteiger partial charge in [-0.25, -0.2) is 4.79 Å². The second-order valence-corrected chi connectivity index (χ2v) is 6.51. The highest BCUT2D eigenvalue weighted by Gasteiger charge is 2.32. The lowest BCUT2D eigenvalue weighted by atomic mass is 10.1. The van der Waals surface area contributed by atoms with E-state index in [0.29, 0.717) is 16.9 Å². The highest BCUT2D eigenvalue weighted by molar-refractivity contribution is 6.33. The van der Waals surface area contributed by atoms with Gasteiger partial charge in [-0.3, -0.25) is 15.0 Å². The Kier molecular flexibility index (Phi) is 5.48. The monoisotopic (exact) mass is 429 g/mol. The number of carbonyl (C=O) groups excluding carboxylic acids is 1. The Bertz CT molecular complexity index is 1020. The summed E-state index contributed by atoms with van der Waals surface area (Å²) in [4.78, 5) is 16.1. The van der Waals surface area contributed by atoms with Gasteiger partial charge in [-0.15, -0.1) is 0 Å². The third-order valence-corrected chi connectivity index (χ3v) is 4.24. The van der Waals surface area contributed by atoms with Crippen molar-refractivity contribution in [1.82, 2.24) is 14.8 Å². The number of halogens is 5. The minimum atomic E-state index is -4.57. The zero-order valence-corrected chi connectivity index (χ0v) is 15.7. The maximum Gasteiger partial charge on any atom is 0.417 e. The van der Waals surface area contributed by atoms with E-state index in [1.807, 2.05) is 0 Å². The molecule has 2 heterocycles. The maximum atomic E-state index is 12.8. The first-order chi connectivity index (χ1) is 13.1. The molecular weight excluding hydrogens is 418 g/mol. The number of aryl methyl sites for hydroxylation is 1. The third kappa shape index (κ3) is 4.37. The molecule has 0 aliphatic rings. The van der Waals surface area contributed by atoms with Crippen LogP contribution in [0, 0.1) is 0 Å². The summed E-state index contributed by atoms with van der Waals surface area (Å²) in [5.41, 5.74) is -0.145. The molecule has 0 bridgehead atoms. The summed E-state index contributed by atoms with van der Waals surface area (Å²) in [6.07, 6.45) is -2.55. The molecule has 0 aliphatic carbocycles. The van der Waals surface area contributed by atoms with Crippen molar-refractivity contribution in [2.75, 3.05) is 10.6 Å². The van der Waals surface area contributed by atoms with Crippen LogP contribution in [-0.4, -0.2) is 20.8 Å². The van der Waals surface area contributed by atoms with Gasteiger partial charge in [0, 0.05) is 24.0 Å².